The number of carbonyl (C=O) groups excluding carboxylic acids is 1. The largest absolute Gasteiger partial charge is 0.496 e. The summed E-state index contributed by atoms with van der Waals surface area (Å²) in [6.45, 7) is 1.01. The summed E-state index contributed by atoms with van der Waals surface area (Å²) in [6.07, 6.45) is -2.24. The highest BCUT2D eigenvalue weighted by Crippen LogP contribution is 2.40. The van der Waals surface area contributed by atoms with Gasteiger partial charge in [0.1, 0.15) is 11.8 Å². The molecule has 0 aliphatic carbocycles. The van der Waals surface area contributed by atoms with Crippen LogP contribution in [0.15, 0.2) is 60.8 Å². The number of pyridine rings is 1. The van der Waals surface area contributed by atoms with Gasteiger partial charge in [0.25, 0.3) is 0 Å². The van der Waals surface area contributed by atoms with E-state index >= 15 is 0 Å². The molecule has 0 bridgehead atoms. The van der Waals surface area contributed by atoms with E-state index in [4.69, 9.17) is 4.74 Å². The van der Waals surface area contributed by atoms with Crippen molar-refractivity contribution in [3.8, 4) is 23.1 Å². The minimum Gasteiger partial charge on any atom is -0.496 e. The molecule has 0 spiro atoms. The number of methoxy groups -OCH3 is 1. The number of nitrogens with zero attached hydrogens (tertiary/aromatic N) is 3. The van der Waals surface area contributed by atoms with E-state index in [0.717, 1.165) is 17.7 Å². The van der Waals surface area contributed by atoms with Gasteiger partial charge in [0.2, 0.25) is 5.91 Å². The molecule has 220 valence electrons. The van der Waals surface area contributed by atoms with Crippen LogP contribution in [0.2, 0.25) is 0 Å². The lowest BCUT2D eigenvalue weighted by Crippen LogP contribution is -2.55. The zero-order valence-electron chi connectivity index (χ0n) is 23.0. The lowest BCUT2D eigenvalue weighted by atomic mass is 9.72. The van der Waals surface area contributed by atoms with E-state index < -0.39 is 23.8 Å². The lowest BCUT2D eigenvalue weighted by Gasteiger charge is -2.42. The second-order valence-corrected chi connectivity index (χ2v) is 10.7. The van der Waals surface area contributed by atoms with Crippen molar-refractivity contribution in [3.05, 3.63) is 77.5 Å². The molecule has 3 aromatic rings. The standard InChI is InChI=1S/C31H31F4N5O2/c1-42-28-5-3-2-4-24(28)25-8-6-23(18-38-25)30(29(41)39-26-19-37-17-21(26)15-32)10-12-40(13-11-30)27-9-7-22(31(33,34)35)14-20(27)16-36/h2-9,14,18,21,26,37H,10-13,15,17,19H2,1H3,(H,39,41)/t21-,26-/m0/s1. The molecule has 1 amide bonds. The van der Waals surface area contributed by atoms with E-state index in [1.807, 2.05) is 47.4 Å². The van der Waals surface area contributed by atoms with Gasteiger partial charge in [0, 0.05) is 49.9 Å². The molecule has 0 radical (unpaired) electrons. The van der Waals surface area contributed by atoms with Crippen LogP contribution in [0, 0.1) is 17.2 Å². The number of benzene rings is 2. The number of carbonyl (C=O) groups is 1. The van der Waals surface area contributed by atoms with Crippen molar-refractivity contribution < 1.29 is 27.1 Å². The summed E-state index contributed by atoms with van der Waals surface area (Å²) in [5.74, 6) is 0.0888. The third kappa shape index (κ3) is 5.63. The molecule has 2 aliphatic heterocycles. The SMILES string of the molecule is COc1ccccc1-c1ccc(C2(C(=O)N[C@H]3CNC[C@@H]3CF)CCN(c3ccc(C(F)(F)F)cc3C#N)CC2)cn1. The molecular formula is C31H31F4N5O2. The zero-order valence-corrected chi connectivity index (χ0v) is 23.0. The maximum absolute atomic E-state index is 14.0. The molecule has 42 heavy (non-hydrogen) atoms. The molecule has 2 atom stereocenters. The van der Waals surface area contributed by atoms with Crippen molar-refractivity contribution in [3.63, 3.8) is 0 Å². The fourth-order valence-corrected chi connectivity index (χ4v) is 5.92. The van der Waals surface area contributed by atoms with Crippen LogP contribution in [0.4, 0.5) is 23.2 Å². The van der Waals surface area contributed by atoms with Crippen molar-refractivity contribution in [1.82, 2.24) is 15.6 Å². The highest BCUT2D eigenvalue weighted by molar-refractivity contribution is 5.89. The first kappa shape index (κ1) is 29.3. The number of nitrogens with one attached hydrogen (secondary N) is 2. The summed E-state index contributed by atoms with van der Waals surface area (Å²) >= 11 is 0. The van der Waals surface area contributed by atoms with Gasteiger partial charge in [-0.15, -0.1) is 0 Å². The van der Waals surface area contributed by atoms with Crippen LogP contribution >= 0.6 is 0 Å². The summed E-state index contributed by atoms with van der Waals surface area (Å²) < 4.78 is 58.8. The van der Waals surface area contributed by atoms with Crippen LogP contribution in [-0.4, -0.2) is 56.9 Å². The number of hydrogen-bond acceptors (Lipinski definition) is 6. The monoisotopic (exact) mass is 581 g/mol. The number of nitriles is 1. The molecule has 7 nitrogen and oxygen atoms in total. The minimum absolute atomic E-state index is 0.0765. The number of aromatic nitrogens is 1. The quantitative estimate of drug-likeness (QED) is 0.388. The van der Waals surface area contributed by atoms with Crippen molar-refractivity contribution in [2.45, 2.75) is 30.5 Å². The lowest BCUT2D eigenvalue weighted by molar-refractivity contribution is -0.137. The predicted octanol–water partition coefficient (Wildman–Crippen LogP) is 4.86. The molecule has 1 aromatic heterocycles. The molecule has 0 saturated carbocycles. The number of rotatable bonds is 7. The van der Waals surface area contributed by atoms with E-state index in [2.05, 4.69) is 15.6 Å². The number of halogens is 4. The third-order valence-electron chi connectivity index (χ3n) is 8.39. The Hall–Kier alpha value is -4.17. The molecule has 2 saturated heterocycles. The van der Waals surface area contributed by atoms with Gasteiger partial charge in [-0.1, -0.05) is 18.2 Å². The van der Waals surface area contributed by atoms with E-state index in [1.54, 1.807) is 13.3 Å². The molecule has 5 rings (SSSR count). The van der Waals surface area contributed by atoms with Gasteiger partial charge in [-0.2, -0.15) is 18.4 Å². The Morgan fingerprint density at radius 2 is 1.93 bits per heavy atom. The van der Waals surface area contributed by atoms with E-state index in [0.29, 0.717) is 61.7 Å². The third-order valence-corrected chi connectivity index (χ3v) is 8.39. The van der Waals surface area contributed by atoms with E-state index in [1.165, 1.54) is 6.07 Å². The number of amides is 1. The fraction of sp³-hybridized carbons (Fsp3) is 0.387. The van der Waals surface area contributed by atoms with Gasteiger partial charge in [-0.05, 0) is 54.8 Å². The molecule has 2 aromatic carbocycles. The van der Waals surface area contributed by atoms with Crippen LogP contribution < -0.4 is 20.3 Å². The number of alkyl halides is 4. The average Bonchev–Trinajstić information content (AvgIpc) is 3.47. The first-order valence-corrected chi connectivity index (χ1v) is 13.7. The Labute approximate surface area is 241 Å². The van der Waals surface area contributed by atoms with Crippen LogP contribution in [-0.2, 0) is 16.4 Å². The summed E-state index contributed by atoms with van der Waals surface area (Å²) in [4.78, 5) is 20.5. The second kappa shape index (κ2) is 12.0. The van der Waals surface area contributed by atoms with Crippen LogP contribution in [0.25, 0.3) is 11.3 Å². The van der Waals surface area contributed by atoms with Crippen LogP contribution in [0.5, 0.6) is 5.75 Å². The molecule has 2 fully saturated rings. The van der Waals surface area contributed by atoms with Crippen LogP contribution in [0.3, 0.4) is 0 Å². The highest BCUT2D eigenvalue weighted by atomic mass is 19.4. The Balaban J connectivity index is 1.45. The molecular weight excluding hydrogens is 550 g/mol. The number of hydrogen-bond donors (Lipinski definition) is 2. The zero-order chi connectivity index (χ0) is 29.9. The Morgan fingerprint density at radius 3 is 2.57 bits per heavy atom. The summed E-state index contributed by atoms with van der Waals surface area (Å²) in [7, 11) is 1.58. The van der Waals surface area contributed by atoms with E-state index in [9.17, 15) is 27.6 Å². The van der Waals surface area contributed by atoms with Crippen LogP contribution in [0.1, 0.15) is 29.5 Å². The summed E-state index contributed by atoms with van der Waals surface area (Å²) in [6, 6.07) is 15.8. The number of ether oxygens (including phenoxy) is 1. The molecule has 2 aliphatic rings. The summed E-state index contributed by atoms with van der Waals surface area (Å²) in [5, 5.41) is 15.8. The Kier molecular flexibility index (Phi) is 8.36. The molecule has 3 heterocycles. The molecule has 2 N–H and O–H groups in total. The molecule has 11 heteroatoms. The van der Waals surface area contributed by atoms with E-state index in [-0.39, 0.29) is 23.4 Å². The van der Waals surface area contributed by atoms with Crippen molar-refractivity contribution >= 4 is 11.6 Å². The van der Waals surface area contributed by atoms with Gasteiger partial charge in [0.05, 0.1) is 41.7 Å². The minimum atomic E-state index is -4.56. The number of piperidine rings is 1. The second-order valence-electron chi connectivity index (χ2n) is 10.7. The summed E-state index contributed by atoms with van der Waals surface area (Å²) in [5.41, 5.74) is 0.579. The van der Waals surface area contributed by atoms with Gasteiger partial charge >= 0.3 is 6.18 Å². The normalized spacial score (nSPS) is 20.1. The highest BCUT2D eigenvalue weighted by Gasteiger charge is 2.45. The van der Waals surface area contributed by atoms with Crippen molar-refractivity contribution in [1.29, 1.82) is 5.26 Å². The van der Waals surface area contributed by atoms with Gasteiger partial charge in [0.15, 0.2) is 0 Å². The molecule has 0 unspecified atom stereocenters. The fourth-order valence-electron chi connectivity index (χ4n) is 5.92. The van der Waals surface area contributed by atoms with Gasteiger partial charge in [-0.3, -0.25) is 14.2 Å². The smallest absolute Gasteiger partial charge is 0.416 e. The maximum Gasteiger partial charge on any atom is 0.416 e. The Bertz CT molecular complexity index is 1460. The maximum atomic E-state index is 14.0. The number of anilines is 1. The first-order chi connectivity index (χ1) is 20.2. The van der Waals surface area contributed by atoms with Crippen molar-refractivity contribution in [2.75, 3.05) is 44.9 Å². The van der Waals surface area contributed by atoms with Crippen molar-refractivity contribution in [2.24, 2.45) is 5.92 Å². The first-order valence-electron chi connectivity index (χ1n) is 13.7. The topological polar surface area (TPSA) is 90.3 Å². The Morgan fingerprint density at radius 1 is 1.17 bits per heavy atom. The average molecular weight is 582 g/mol. The number of para-hydroxylation sites is 1. The van der Waals surface area contributed by atoms with Gasteiger partial charge in [-0.25, -0.2) is 0 Å². The predicted molar refractivity (Wildman–Crippen MR) is 150 cm³/mol. The van der Waals surface area contributed by atoms with Gasteiger partial charge < -0.3 is 20.3 Å².